The third kappa shape index (κ3) is 6.07. The Morgan fingerprint density at radius 3 is 2.47 bits per heavy atom. The summed E-state index contributed by atoms with van der Waals surface area (Å²) in [6.07, 6.45) is 1.34. The van der Waals surface area contributed by atoms with Gasteiger partial charge in [-0.15, -0.1) is 0 Å². The van der Waals surface area contributed by atoms with Crippen molar-refractivity contribution in [2.24, 2.45) is 0 Å². The average Bonchev–Trinajstić information content (AvgIpc) is 2.72. The fraction of sp³-hybridized carbons (Fsp3) is 0.500. The van der Waals surface area contributed by atoms with Crippen molar-refractivity contribution >= 4 is 41.1 Å². The van der Waals surface area contributed by atoms with Crippen LogP contribution in [0, 0.1) is 0 Å². The van der Waals surface area contributed by atoms with Gasteiger partial charge in [0.15, 0.2) is 11.6 Å². The minimum Gasteiger partial charge on any atom is -0.491 e. The van der Waals surface area contributed by atoms with E-state index in [1.54, 1.807) is 30.3 Å². The lowest BCUT2D eigenvalue weighted by molar-refractivity contribution is 0.0240. The van der Waals surface area contributed by atoms with Gasteiger partial charge in [-0.05, 0) is 45.4 Å². The number of anilines is 2. The number of benzene rings is 1. The number of methoxy groups -OCH3 is 1. The van der Waals surface area contributed by atoms with Crippen molar-refractivity contribution in [2.75, 3.05) is 43.5 Å². The monoisotopic (exact) mass is 481 g/mol. The predicted molar refractivity (Wildman–Crippen MR) is 127 cm³/mol. The molecule has 32 heavy (non-hydrogen) atoms. The van der Waals surface area contributed by atoms with Crippen LogP contribution in [0.3, 0.4) is 0 Å². The van der Waals surface area contributed by atoms with E-state index in [1.807, 2.05) is 38.7 Å². The maximum atomic E-state index is 12.3. The van der Waals surface area contributed by atoms with E-state index in [4.69, 9.17) is 32.7 Å². The van der Waals surface area contributed by atoms with E-state index in [0.29, 0.717) is 53.7 Å². The number of hydrogen-bond acceptors (Lipinski definition) is 7. The van der Waals surface area contributed by atoms with E-state index in [2.05, 4.69) is 15.3 Å². The number of nitrogens with one attached hydrogen (secondary N) is 1. The zero-order chi connectivity index (χ0) is 23.5. The number of hydrogen-bond donors (Lipinski definition) is 1. The Balaban J connectivity index is 1.71. The molecular weight excluding hydrogens is 453 g/mol. The molecule has 3 rings (SSSR count). The highest BCUT2D eigenvalue weighted by Gasteiger charge is 2.27. The molecule has 1 aromatic carbocycles. The topological polar surface area (TPSA) is 79.8 Å². The first-order valence-electron chi connectivity index (χ1n) is 10.4. The Labute approximate surface area is 198 Å². The van der Waals surface area contributed by atoms with Crippen LogP contribution < -0.4 is 15.0 Å². The highest BCUT2D eigenvalue weighted by atomic mass is 35.5. The molecule has 0 aliphatic carbocycles. The van der Waals surface area contributed by atoms with Crippen molar-refractivity contribution < 1.29 is 14.3 Å². The van der Waals surface area contributed by atoms with Gasteiger partial charge in [-0.3, -0.25) is 0 Å². The van der Waals surface area contributed by atoms with Crippen molar-refractivity contribution in [2.45, 2.75) is 39.3 Å². The largest absolute Gasteiger partial charge is 0.491 e. The van der Waals surface area contributed by atoms with Crippen LogP contribution in [0.4, 0.5) is 16.6 Å². The van der Waals surface area contributed by atoms with Gasteiger partial charge in [0.1, 0.15) is 5.60 Å². The van der Waals surface area contributed by atoms with Gasteiger partial charge in [0.05, 0.1) is 19.3 Å². The number of amides is 1. The van der Waals surface area contributed by atoms with Gasteiger partial charge < -0.3 is 24.6 Å². The summed E-state index contributed by atoms with van der Waals surface area (Å²) < 4.78 is 10.9. The summed E-state index contributed by atoms with van der Waals surface area (Å²) in [4.78, 5) is 25.2. The van der Waals surface area contributed by atoms with E-state index in [1.165, 1.54) is 0 Å². The molecule has 10 heteroatoms. The molecule has 0 radical (unpaired) electrons. The van der Waals surface area contributed by atoms with Crippen molar-refractivity contribution in [1.29, 1.82) is 0 Å². The van der Waals surface area contributed by atoms with Crippen LogP contribution in [0.15, 0.2) is 24.4 Å². The highest BCUT2D eigenvalue weighted by Crippen LogP contribution is 2.31. The third-order valence-corrected chi connectivity index (χ3v) is 5.52. The average molecular weight is 482 g/mol. The van der Waals surface area contributed by atoms with Crippen molar-refractivity contribution in [3.8, 4) is 5.75 Å². The van der Waals surface area contributed by atoms with Crippen molar-refractivity contribution in [1.82, 2.24) is 14.9 Å². The molecule has 8 nitrogen and oxygen atoms in total. The van der Waals surface area contributed by atoms with Crippen molar-refractivity contribution in [3.63, 3.8) is 0 Å². The molecule has 1 fully saturated rings. The number of carbonyl (C=O) groups is 1. The highest BCUT2D eigenvalue weighted by molar-refractivity contribution is 6.35. The fourth-order valence-corrected chi connectivity index (χ4v) is 3.89. The summed E-state index contributed by atoms with van der Waals surface area (Å²) >= 11 is 12.4. The van der Waals surface area contributed by atoms with E-state index in [-0.39, 0.29) is 12.1 Å². The van der Waals surface area contributed by atoms with Crippen LogP contribution in [-0.2, 0) is 4.74 Å². The van der Waals surface area contributed by atoms with Gasteiger partial charge in [0.2, 0.25) is 5.95 Å². The molecule has 2 heterocycles. The van der Waals surface area contributed by atoms with Crippen LogP contribution in [0.5, 0.6) is 5.75 Å². The molecule has 1 aliphatic heterocycles. The molecule has 1 N–H and O–H groups in total. The summed E-state index contributed by atoms with van der Waals surface area (Å²) in [5, 5.41) is 4.51. The van der Waals surface area contributed by atoms with Gasteiger partial charge in [0.25, 0.3) is 0 Å². The summed E-state index contributed by atoms with van der Waals surface area (Å²) in [5.41, 5.74) is 0.377. The number of halogens is 2. The van der Waals surface area contributed by atoms with E-state index < -0.39 is 5.60 Å². The van der Waals surface area contributed by atoms with Crippen LogP contribution in [-0.4, -0.2) is 59.9 Å². The molecule has 1 aromatic heterocycles. The van der Waals surface area contributed by atoms with Gasteiger partial charge in [-0.25, -0.2) is 9.78 Å². The first-order chi connectivity index (χ1) is 15.1. The van der Waals surface area contributed by atoms with Gasteiger partial charge in [-0.1, -0.05) is 29.3 Å². The third-order valence-electron chi connectivity index (χ3n) is 4.96. The number of ether oxygens (including phenoxy) is 2. The lowest BCUT2D eigenvalue weighted by Gasteiger charge is -2.35. The number of nitrogens with zero attached hydrogens (tertiary/aromatic N) is 4. The standard InChI is InChI=1S/C22H29Cl2N5O3/c1-14(16-7-6-15(23)12-17(16)24)26-19-18(31-5)13-25-20(27-19)28-8-10-29(11-9-28)21(30)32-22(2,3)4/h6-7,12-14H,8-11H2,1-5H3,(H,25,26,27)/t14-/m1/s1. The normalized spacial score (nSPS) is 15.3. The molecule has 1 saturated heterocycles. The number of piperazine rings is 1. The van der Waals surface area contributed by atoms with E-state index in [9.17, 15) is 4.79 Å². The summed E-state index contributed by atoms with van der Waals surface area (Å²) in [6, 6.07) is 5.25. The van der Waals surface area contributed by atoms with Gasteiger partial charge >= 0.3 is 6.09 Å². The smallest absolute Gasteiger partial charge is 0.410 e. The maximum absolute atomic E-state index is 12.3. The summed E-state index contributed by atoms with van der Waals surface area (Å²) in [6.45, 7) is 9.83. The number of aromatic nitrogens is 2. The number of carbonyl (C=O) groups excluding carboxylic acids is 1. The Kier molecular flexibility index (Phi) is 7.56. The second kappa shape index (κ2) is 10.0. The maximum Gasteiger partial charge on any atom is 0.410 e. The second-order valence-electron chi connectivity index (χ2n) is 8.57. The van der Waals surface area contributed by atoms with Gasteiger partial charge in [-0.2, -0.15) is 4.98 Å². The SMILES string of the molecule is COc1cnc(N2CCN(C(=O)OC(C)(C)C)CC2)nc1N[C@H](C)c1ccc(Cl)cc1Cl. The molecule has 174 valence electrons. The van der Waals surface area contributed by atoms with Crippen LogP contribution in [0.25, 0.3) is 0 Å². The summed E-state index contributed by atoms with van der Waals surface area (Å²) in [5.74, 6) is 1.65. The van der Waals surface area contributed by atoms with Crippen LogP contribution >= 0.6 is 23.2 Å². The zero-order valence-corrected chi connectivity index (χ0v) is 20.5. The van der Waals surface area contributed by atoms with E-state index in [0.717, 1.165) is 5.56 Å². The molecular formula is C22H29Cl2N5O3. The minimum atomic E-state index is -0.516. The minimum absolute atomic E-state index is 0.138. The molecule has 0 unspecified atom stereocenters. The van der Waals surface area contributed by atoms with Crippen molar-refractivity contribution in [3.05, 3.63) is 40.0 Å². The predicted octanol–water partition coefficient (Wildman–Crippen LogP) is 5.02. The molecule has 0 spiro atoms. The molecule has 1 atom stereocenters. The lowest BCUT2D eigenvalue weighted by atomic mass is 10.1. The molecule has 0 saturated carbocycles. The quantitative estimate of drug-likeness (QED) is 0.641. The lowest BCUT2D eigenvalue weighted by Crippen LogP contribution is -2.50. The fourth-order valence-electron chi connectivity index (χ4n) is 3.32. The molecule has 1 amide bonds. The van der Waals surface area contributed by atoms with Crippen LogP contribution in [0.1, 0.15) is 39.3 Å². The Morgan fingerprint density at radius 2 is 1.88 bits per heavy atom. The van der Waals surface area contributed by atoms with Crippen LogP contribution in [0.2, 0.25) is 10.0 Å². The van der Waals surface area contributed by atoms with Gasteiger partial charge in [0, 0.05) is 36.2 Å². The Hall–Kier alpha value is -2.45. The first-order valence-corrected chi connectivity index (χ1v) is 11.2. The summed E-state index contributed by atoms with van der Waals surface area (Å²) in [7, 11) is 1.57. The first kappa shape index (κ1) is 24.2. The molecule has 0 bridgehead atoms. The Bertz CT molecular complexity index is 959. The second-order valence-corrected chi connectivity index (χ2v) is 9.42. The molecule has 2 aromatic rings. The number of rotatable bonds is 5. The Morgan fingerprint density at radius 1 is 1.19 bits per heavy atom. The van der Waals surface area contributed by atoms with E-state index >= 15 is 0 Å². The zero-order valence-electron chi connectivity index (χ0n) is 19.0. The molecule has 1 aliphatic rings.